The van der Waals surface area contributed by atoms with Gasteiger partial charge < -0.3 is 20.3 Å². The minimum atomic E-state index is -0.279. The Kier molecular flexibility index (Phi) is 8.88. The van der Waals surface area contributed by atoms with E-state index in [1.54, 1.807) is 41.7 Å². The number of hydrogen-bond donors (Lipinski definition) is 2. The number of halogens is 1. The average Bonchev–Trinajstić information content (AvgIpc) is 3.15. The van der Waals surface area contributed by atoms with Crippen LogP contribution < -0.4 is 10.6 Å². The van der Waals surface area contributed by atoms with Gasteiger partial charge in [-0.3, -0.25) is 4.79 Å². The van der Waals surface area contributed by atoms with Crippen LogP contribution in [0.25, 0.3) is 0 Å². The van der Waals surface area contributed by atoms with Crippen molar-refractivity contribution in [2.24, 2.45) is 5.92 Å². The summed E-state index contributed by atoms with van der Waals surface area (Å²) in [6.45, 7) is 7.11. The van der Waals surface area contributed by atoms with Gasteiger partial charge in [0.15, 0.2) is 0 Å². The van der Waals surface area contributed by atoms with Gasteiger partial charge in [0, 0.05) is 35.8 Å². The molecule has 7 nitrogen and oxygen atoms in total. The zero-order chi connectivity index (χ0) is 21.4. The summed E-state index contributed by atoms with van der Waals surface area (Å²) in [6.07, 6.45) is 0. The lowest BCUT2D eigenvalue weighted by atomic mass is 10.1. The number of nitrogens with one attached hydrogen (secondary N) is 2. The summed E-state index contributed by atoms with van der Waals surface area (Å²) < 4.78 is 5.12. The molecule has 1 atom stereocenters. The van der Waals surface area contributed by atoms with E-state index < -0.39 is 0 Å². The van der Waals surface area contributed by atoms with Gasteiger partial charge in [0.2, 0.25) is 0 Å². The van der Waals surface area contributed by atoms with Crippen molar-refractivity contribution in [3.63, 3.8) is 0 Å². The highest BCUT2D eigenvalue weighted by Gasteiger charge is 2.19. The van der Waals surface area contributed by atoms with Gasteiger partial charge in [-0.15, -0.1) is 11.3 Å². The van der Waals surface area contributed by atoms with Crippen molar-refractivity contribution in [2.75, 3.05) is 25.6 Å². The quantitative estimate of drug-likeness (QED) is 0.613. The van der Waals surface area contributed by atoms with Crippen molar-refractivity contribution < 1.29 is 14.3 Å². The van der Waals surface area contributed by atoms with Crippen molar-refractivity contribution in [2.45, 2.75) is 33.4 Å². The van der Waals surface area contributed by atoms with Crippen molar-refractivity contribution in [1.82, 2.24) is 15.2 Å². The molecule has 2 rings (SSSR count). The SMILES string of the molecule is COCCN(Cc1nc(C(=O)NC(C)C(C)C)cs1)C(=O)Nc1ccc(Cl)cc1. The molecule has 0 fully saturated rings. The molecule has 0 aliphatic rings. The number of thiazole rings is 1. The number of urea groups is 1. The molecule has 1 aromatic heterocycles. The summed E-state index contributed by atoms with van der Waals surface area (Å²) in [7, 11) is 1.58. The lowest BCUT2D eigenvalue weighted by Gasteiger charge is -2.22. The highest BCUT2D eigenvalue weighted by Crippen LogP contribution is 2.16. The molecule has 0 aliphatic heterocycles. The van der Waals surface area contributed by atoms with Crippen LogP contribution in [0.4, 0.5) is 10.5 Å². The Morgan fingerprint density at radius 3 is 2.55 bits per heavy atom. The molecular formula is C20H27ClN4O3S. The Bertz CT molecular complexity index is 810. The van der Waals surface area contributed by atoms with Crippen LogP contribution in [0.3, 0.4) is 0 Å². The Morgan fingerprint density at radius 2 is 1.93 bits per heavy atom. The summed E-state index contributed by atoms with van der Waals surface area (Å²) in [5.41, 5.74) is 1.01. The van der Waals surface area contributed by atoms with Crippen LogP contribution in [0, 0.1) is 5.92 Å². The second kappa shape index (κ2) is 11.1. The van der Waals surface area contributed by atoms with Gasteiger partial charge in [0.25, 0.3) is 5.91 Å². The number of ether oxygens (including phenoxy) is 1. The molecule has 0 saturated heterocycles. The Hall–Kier alpha value is -2.16. The number of amides is 3. The lowest BCUT2D eigenvalue weighted by Crippen LogP contribution is -2.37. The fraction of sp³-hybridized carbons (Fsp3) is 0.450. The van der Waals surface area contributed by atoms with Crippen LogP contribution >= 0.6 is 22.9 Å². The van der Waals surface area contributed by atoms with E-state index in [-0.39, 0.29) is 24.5 Å². The molecule has 0 saturated carbocycles. The van der Waals surface area contributed by atoms with E-state index >= 15 is 0 Å². The summed E-state index contributed by atoms with van der Waals surface area (Å²) in [5, 5.41) is 8.76. The van der Waals surface area contributed by atoms with Crippen molar-refractivity contribution >= 4 is 40.6 Å². The number of rotatable bonds is 9. The van der Waals surface area contributed by atoms with Crippen molar-refractivity contribution in [3.05, 3.63) is 45.4 Å². The molecule has 9 heteroatoms. The molecule has 1 unspecified atom stereocenters. The van der Waals surface area contributed by atoms with E-state index in [2.05, 4.69) is 15.6 Å². The summed E-state index contributed by atoms with van der Waals surface area (Å²) in [5.74, 6) is 0.126. The summed E-state index contributed by atoms with van der Waals surface area (Å²) in [4.78, 5) is 31.0. The highest BCUT2D eigenvalue weighted by molar-refractivity contribution is 7.09. The van der Waals surface area contributed by atoms with Crippen molar-refractivity contribution in [3.8, 4) is 0 Å². The number of carbonyl (C=O) groups is 2. The predicted octanol–water partition coefficient (Wildman–Crippen LogP) is 4.25. The Morgan fingerprint density at radius 1 is 1.24 bits per heavy atom. The minimum absolute atomic E-state index is 0.0519. The van der Waals surface area contributed by atoms with Crippen molar-refractivity contribution in [1.29, 1.82) is 0 Å². The number of hydrogen-bond acceptors (Lipinski definition) is 5. The fourth-order valence-corrected chi connectivity index (χ4v) is 3.20. The molecule has 1 heterocycles. The van der Waals surface area contributed by atoms with Gasteiger partial charge in [-0.25, -0.2) is 9.78 Å². The predicted molar refractivity (Wildman–Crippen MR) is 117 cm³/mol. The first-order valence-corrected chi connectivity index (χ1v) is 10.6. The van der Waals surface area contributed by atoms with Crippen LogP contribution in [0.15, 0.2) is 29.6 Å². The maximum atomic E-state index is 12.7. The van der Waals surface area contributed by atoms with Crippen LogP contribution in [-0.4, -0.2) is 48.1 Å². The molecule has 3 amide bonds. The third-order valence-corrected chi connectivity index (χ3v) is 5.50. The molecule has 0 aliphatic carbocycles. The van der Waals surface area contributed by atoms with E-state index in [4.69, 9.17) is 16.3 Å². The standard InChI is InChI=1S/C20H27ClN4O3S/c1-13(2)14(3)22-19(26)17-12-29-18(24-17)11-25(9-10-28-4)20(27)23-16-7-5-15(21)6-8-16/h5-8,12-14H,9-11H2,1-4H3,(H,22,26)(H,23,27). The maximum absolute atomic E-state index is 12.7. The molecule has 0 bridgehead atoms. The first kappa shape index (κ1) is 23.1. The molecule has 29 heavy (non-hydrogen) atoms. The second-order valence-corrected chi connectivity index (χ2v) is 8.36. The van der Waals surface area contributed by atoms with E-state index in [1.807, 2.05) is 20.8 Å². The maximum Gasteiger partial charge on any atom is 0.322 e. The number of aromatic nitrogens is 1. The molecule has 1 aromatic carbocycles. The van der Waals surface area contributed by atoms with E-state index in [1.165, 1.54) is 11.3 Å². The first-order valence-electron chi connectivity index (χ1n) is 9.35. The second-order valence-electron chi connectivity index (χ2n) is 6.98. The Balaban J connectivity index is 2.04. The minimum Gasteiger partial charge on any atom is -0.383 e. The number of anilines is 1. The number of nitrogens with zero attached hydrogens (tertiary/aromatic N) is 2. The summed E-state index contributed by atoms with van der Waals surface area (Å²) >= 11 is 7.23. The van der Waals surface area contributed by atoms with Crippen LogP contribution in [0.1, 0.15) is 36.3 Å². The number of methoxy groups -OCH3 is 1. The molecule has 2 aromatic rings. The molecule has 0 radical (unpaired) electrons. The lowest BCUT2D eigenvalue weighted by molar-refractivity contribution is 0.0926. The third kappa shape index (κ3) is 7.30. The summed E-state index contributed by atoms with van der Waals surface area (Å²) in [6, 6.07) is 6.66. The first-order chi connectivity index (χ1) is 13.8. The average molecular weight is 439 g/mol. The third-order valence-electron chi connectivity index (χ3n) is 4.42. The van der Waals surface area contributed by atoms with Crippen LogP contribution in [0.5, 0.6) is 0 Å². The van der Waals surface area contributed by atoms with E-state index in [9.17, 15) is 9.59 Å². The monoisotopic (exact) mass is 438 g/mol. The van der Waals surface area contributed by atoms with Gasteiger partial charge in [-0.2, -0.15) is 0 Å². The van der Waals surface area contributed by atoms with Gasteiger partial charge in [-0.05, 0) is 37.1 Å². The molecular weight excluding hydrogens is 412 g/mol. The zero-order valence-electron chi connectivity index (χ0n) is 17.1. The Labute approximate surface area is 180 Å². The highest BCUT2D eigenvalue weighted by atomic mass is 35.5. The number of carbonyl (C=O) groups excluding carboxylic acids is 2. The van der Waals surface area contributed by atoms with Gasteiger partial charge in [0.1, 0.15) is 10.7 Å². The molecule has 2 N–H and O–H groups in total. The fourth-order valence-electron chi connectivity index (χ4n) is 2.29. The largest absolute Gasteiger partial charge is 0.383 e. The topological polar surface area (TPSA) is 83.6 Å². The van der Waals surface area contributed by atoms with Gasteiger partial charge >= 0.3 is 6.03 Å². The molecule has 0 spiro atoms. The van der Waals surface area contributed by atoms with E-state index in [0.717, 1.165) is 0 Å². The number of benzene rings is 1. The van der Waals surface area contributed by atoms with E-state index in [0.29, 0.717) is 40.5 Å². The molecule has 158 valence electrons. The van der Waals surface area contributed by atoms with Gasteiger partial charge in [0.05, 0.1) is 13.2 Å². The van der Waals surface area contributed by atoms with Crippen LogP contribution in [-0.2, 0) is 11.3 Å². The smallest absolute Gasteiger partial charge is 0.322 e. The normalized spacial score (nSPS) is 11.9. The van der Waals surface area contributed by atoms with Crippen LogP contribution in [0.2, 0.25) is 5.02 Å². The van der Waals surface area contributed by atoms with Gasteiger partial charge in [-0.1, -0.05) is 25.4 Å². The zero-order valence-corrected chi connectivity index (χ0v) is 18.6.